The van der Waals surface area contributed by atoms with Crippen molar-refractivity contribution in [3.8, 4) is 0 Å². The molecule has 1 aromatic rings. The Kier molecular flexibility index (Phi) is 3.37. The second-order valence-electron chi connectivity index (χ2n) is 2.36. The van der Waals surface area contributed by atoms with Crippen LogP contribution in [0.4, 0.5) is 0 Å². The van der Waals surface area contributed by atoms with Gasteiger partial charge in [0.2, 0.25) is 0 Å². The zero-order valence-corrected chi connectivity index (χ0v) is 9.22. The van der Waals surface area contributed by atoms with E-state index in [0.29, 0.717) is 10.2 Å². The third-order valence-electron chi connectivity index (χ3n) is 1.40. The number of carboxylic acids is 1. The molecule has 0 saturated heterocycles. The molecular weight excluding hydrogens is 270 g/mol. The Labute approximate surface area is 93.1 Å². The highest BCUT2D eigenvalue weighted by Crippen LogP contribution is 2.16. The molecule has 74 valence electrons. The number of nitrogens with zero attached hydrogens (tertiary/aromatic N) is 1. The molecule has 0 atom stereocenters. The van der Waals surface area contributed by atoms with E-state index in [1.54, 1.807) is 0 Å². The molecule has 0 aliphatic carbocycles. The molecule has 1 aromatic heterocycles. The second kappa shape index (κ2) is 4.34. The van der Waals surface area contributed by atoms with Gasteiger partial charge in [-0.05, 0) is 22.0 Å². The smallest absolute Gasteiger partial charge is 0.338 e. The quantitative estimate of drug-likeness (QED) is 0.564. The Morgan fingerprint density at radius 1 is 1.79 bits per heavy atom. The van der Waals surface area contributed by atoms with E-state index in [1.165, 1.54) is 12.3 Å². The summed E-state index contributed by atoms with van der Waals surface area (Å²) in [7, 11) is 0. The third kappa shape index (κ3) is 2.39. The van der Waals surface area contributed by atoms with Gasteiger partial charge < -0.3 is 10.8 Å². The normalized spacial score (nSPS) is 11.4. The Bertz CT molecular complexity index is 397. The summed E-state index contributed by atoms with van der Waals surface area (Å²) >= 11 is 7.77. The number of H-pyrrole nitrogens is 1. The molecule has 0 aliphatic heterocycles. The minimum Gasteiger partial charge on any atom is -0.478 e. The second-order valence-corrected chi connectivity index (χ2v) is 3.65. The minimum absolute atomic E-state index is 0.134. The molecule has 0 fully saturated rings. The van der Waals surface area contributed by atoms with Crippen molar-refractivity contribution in [2.75, 3.05) is 0 Å². The number of thiocarbonyl (C=S) groups is 1. The van der Waals surface area contributed by atoms with Crippen LogP contribution in [0.25, 0.3) is 6.08 Å². The van der Waals surface area contributed by atoms with Gasteiger partial charge in [-0.2, -0.15) is 5.10 Å². The predicted molar refractivity (Wildman–Crippen MR) is 58.7 cm³/mol. The van der Waals surface area contributed by atoms with Crippen LogP contribution < -0.4 is 5.73 Å². The Morgan fingerprint density at radius 2 is 2.43 bits per heavy atom. The first-order chi connectivity index (χ1) is 6.52. The molecule has 7 heteroatoms. The maximum absolute atomic E-state index is 10.7. The van der Waals surface area contributed by atoms with Crippen LogP contribution >= 0.6 is 28.1 Å². The standard InChI is InChI=1S/C7H6BrN3O2S/c8-4-2-10-11-5(4)1-3(6(9)14)7(12)13/h1-2H,(H2,9,14)(H,10,11)(H,12,13)/b3-1-. The highest BCUT2D eigenvalue weighted by atomic mass is 79.9. The largest absolute Gasteiger partial charge is 0.478 e. The summed E-state index contributed by atoms with van der Waals surface area (Å²) in [6.07, 6.45) is 2.83. The Hall–Kier alpha value is -1.21. The van der Waals surface area contributed by atoms with Gasteiger partial charge in [0.1, 0.15) is 4.99 Å². The number of carbonyl (C=O) groups is 1. The first-order valence-electron chi connectivity index (χ1n) is 3.46. The van der Waals surface area contributed by atoms with Gasteiger partial charge in [0.05, 0.1) is 21.9 Å². The average molecular weight is 276 g/mol. The van der Waals surface area contributed by atoms with E-state index in [2.05, 4.69) is 38.3 Å². The summed E-state index contributed by atoms with van der Waals surface area (Å²) < 4.78 is 0.646. The van der Waals surface area contributed by atoms with E-state index in [4.69, 9.17) is 10.8 Å². The number of aromatic amines is 1. The van der Waals surface area contributed by atoms with E-state index in [0.717, 1.165) is 0 Å². The van der Waals surface area contributed by atoms with Gasteiger partial charge in [0.15, 0.2) is 0 Å². The van der Waals surface area contributed by atoms with Crippen LogP contribution in [0.2, 0.25) is 0 Å². The molecule has 4 N–H and O–H groups in total. The van der Waals surface area contributed by atoms with E-state index in [-0.39, 0.29) is 10.6 Å². The lowest BCUT2D eigenvalue weighted by Gasteiger charge is -1.97. The monoisotopic (exact) mass is 275 g/mol. The number of hydrogen-bond donors (Lipinski definition) is 3. The van der Waals surface area contributed by atoms with Crippen molar-refractivity contribution in [2.45, 2.75) is 0 Å². The van der Waals surface area contributed by atoms with Crippen LogP contribution in [0.5, 0.6) is 0 Å². The van der Waals surface area contributed by atoms with Crippen molar-refractivity contribution < 1.29 is 9.90 Å². The lowest BCUT2D eigenvalue weighted by Crippen LogP contribution is -2.18. The number of rotatable bonds is 3. The van der Waals surface area contributed by atoms with Crippen LogP contribution in [-0.4, -0.2) is 26.3 Å². The predicted octanol–water partition coefficient (Wildman–Crippen LogP) is 0.926. The van der Waals surface area contributed by atoms with E-state index in [9.17, 15) is 4.79 Å². The van der Waals surface area contributed by atoms with Crippen molar-refractivity contribution in [2.24, 2.45) is 5.73 Å². The van der Waals surface area contributed by atoms with E-state index >= 15 is 0 Å². The molecule has 1 rings (SSSR count). The summed E-state index contributed by atoms with van der Waals surface area (Å²) in [5, 5.41) is 15.0. The first-order valence-corrected chi connectivity index (χ1v) is 4.66. The zero-order valence-electron chi connectivity index (χ0n) is 6.82. The van der Waals surface area contributed by atoms with Crippen LogP contribution in [0, 0.1) is 0 Å². The van der Waals surface area contributed by atoms with Gasteiger partial charge in [-0.1, -0.05) is 12.2 Å². The van der Waals surface area contributed by atoms with Gasteiger partial charge in [0, 0.05) is 0 Å². The Morgan fingerprint density at radius 3 is 2.79 bits per heavy atom. The number of halogens is 1. The lowest BCUT2D eigenvalue weighted by atomic mass is 10.2. The summed E-state index contributed by atoms with van der Waals surface area (Å²) in [6.45, 7) is 0. The summed E-state index contributed by atoms with van der Waals surface area (Å²) in [5.41, 5.74) is 5.61. The fraction of sp³-hybridized carbons (Fsp3) is 0. The number of hydrogen-bond acceptors (Lipinski definition) is 3. The Balaban J connectivity index is 3.12. The number of carboxylic acid groups (broad SMARTS) is 1. The summed E-state index contributed by atoms with van der Waals surface area (Å²) in [4.78, 5) is 10.5. The van der Waals surface area contributed by atoms with Crippen molar-refractivity contribution in [3.63, 3.8) is 0 Å². The van der Waals surface area contributed by atoms with Crippen molar-refractivity contribution >= 4 is 45.2 Å². The topological polar surface area (TPSA) is 92.0 Å². The lowest BCUT2D eigenvalue weighted by molar-refractivity contribution is -0.131. The molecule has 14 heavy (non-hydrogen) atoms. The number of aliphatic carboxylic acids is 1. The maximum atomic E-state index is 10.7. The fourth-order valence-corrected chi connectivity index (χ4v) is 1.22. The number of nitrogens with one attached hydrogen (secondary N) is 1. The molecule has 0 amide bonds. The van der Waals surface area contributed by atoms with Gasteiger partial charge >= 0.3 is 5.97 Å². The molecule has 1 heterocycles. The average Bonchev–Trinajstić information content (AvgIpc) is 2.46. The van der Waals surface area contributed by atoms with Crippen molar-refractivity contribution in [1.29, 1.82) is 0 Å². The summed E-state index contributed by atoms with van der Waals surface area (Å²) in [5.74, 6) is -1.17. The van der Waals surface area contributed by atoms with E-state index in [1.807, 2.05) is 0 Å². The molecule has 0 radical (unpaired) electrons. The fourth-order valence-electron chi connectivity index (χ4n) is 0.765. The van der Waals surface area contributed by atoms with Crippen LogP contribution in [0.15, 0.2) is 16.2 Å². The summed E-state index contributed by atoms with van der Waals surface area (Å²) in [6, 6.07) is 0. The van der Waals surface area contributed by atoms with Crippen LogP contribution in [0.1, 0.15) is 5.69 Å². The van der Waals surface area contributed by atoms with Gasteiger partial charge in [0.25, 0.3) is 0 Å². The minimum atomic E-state index is -1.17. The van der Waals surface area contributed by atoms with Crippen LogP contribution in [-0.2, 0) is 4.79 Å². The van der Waals surface area contributed by atoms with Gasteiger partial charge in [-0.25, -0.2) is 4.79 Å². The molecule has 0 bridgehead atoms. The third-order valence-corrected chi connectivity index (χ3v) is 2.26. The molecule has 5 nitrogen and oxygen atoms in total. The van der Waals surface area contributed by atoms with Gasteiger partial charge in [-0.3, -0.25) is 5.10 Å². The number of nitrogens with two attached hydrogens (primary N) is 1. The highest BCUT2D eigenvalue weighted by molar-refractivity contribution is 9.10. The highest BCUT2D eigenvalue weighted by Gasteiger charge is 2.11. The molecule has 0 spiro atoms. The maximum Gasteiger partial charge on any atom is 0.338 e. The molecule has 0 saturated carbocycles. The molecule has 0 unspecified atom stereocenters. The van der Waals surface area contributed by atoms with E-state index < -0.39 is 5.97 Å². The number of aromatic nitrogens is 2. The first kappa shape index (κ1) is 10.9. The molecule has 0 aliphatic rings. The molecule has 0 aromatic carbocycles. The SMILES string of the molecule is NC(=S)/C(=C/c1[nH]ncc1Br)C(=O)O. The zero-order chi connectivity index (χ0) is 10.7. The van der Waals surface area contributed by atoms with Crippen molar-refractivity contribution in [3.05, 3.63) is 21.9 Å². The van der Waals surface area contributed by atoms with Crippen molar-refractivity contribution in [1.82, 2.24) is 10.2 Å². The van der Waals surface area contributed by atoms with Crippen LogP contribution in [0.3, 0.4) is 0 Å². The van der Waals surface area contributed by atoms with Gasteiger partial charge in [-0.15, -0.1) is 0 Å². The molecular formula is C7H6BrN3O2S.